The number of anilines is 1. The summed E-state index contributed by atoms with van der Waals surface area (Å²) in [6.07, 6.45) is 1.99. The highest BCUT2D eigenvalue weighted by molar-refractivity contribution is 6.06. The Kier molecular flexibility index (Phi) is 7.97. The van der Waals surface area contributed by atoms with Gasteiger partial charge in [0.15, 0.2) is 0 Å². The number of hydrogen-bond acceptors (Lipinski definition) is 5. The lowest BCUT2D eigenvalue weighted by Crippen LogP contribution is -2.20. The Balaban J connectivity index is 1.20. The van der Waals surface area contributed by atoms with Crippen LogP contribution in [0.15, 0.2) is 103 Å². The van der Waals surface area contributed by atoms with Crippen LogP contribution in [0.2, 0.25) is 0 Å². The summed E-state index contributed by atoms with van der Waals surface area (Å²) in [5.74, 6) is 0.913. The quantitative estimate of drug-likeness (QED) is 0.182. The molecule has 6 nitrogen and oxygen atoms in total. The van der Waals surface area contributed by atoms with Crippen LogP contribution in [0.4, 0.5) is 10.1 Å². The van der Waals surface area contributed by atoms with Crippen LogP contribution in [0, 0.1) is 5.82 Å². The van der Waals surface area contributed by atoms with E-state index in [-0.39, 0.29) is 23.9 Å². The van der Waals surface area contributed by atoms with Crippen molar-refractivity contribution in [1.29, 1.82) is 0 Å². The van der Waals surface area contributed by atoms with Crippen LogP contribution in [-0.4, -0.2) is 44.3 Å². The van der Waals surface area contributed by atoms with Crippen LogP contribution in [-0.2, 0) is 0 Å². The fourth-order valence-corrected chi connectivity index (χ4v) is 5.94. The number of nitrogens with one attached hydrogen (secondary N) is 3. The summed E-state index contributed by atoms with van der Waals surface area (Å²) in [5.41, 5.74) is 4.60. The van der Waals surface area contributed by atoms with Crippen LogP contribution in [0.1, 0.15) is 23.2 Å². The van der Waals surface area contributed by atoms with Gasteiger partial charge in [0.1, 0.15) is 29.5 Å². The van der Waals surface area contributed by atoms with E-state index >= 15 is 0 Å². The molecule has 0 unspecified atom stereocenters. The maximum Gasteiger partial charge on any atom is 0.255 e. The van der Waals surface area contributed by atoms with E-state index in [1.165, 1.54) is 12.1 Å². The highest BCUT2D eigenvalue weighted by atomic mass is 19.1. The zero-order valence-electron chi connectivity index (χ0n) is 24.3. The molecular weight excluding hydrogens is 553 g/mol. The van der Waals surface area contributed by atoms with Crippen LogP contribution in [0.25, 0.3) is 33.0 Å². The largest absolute Gasteiger partial charge is 0.488 e. The van der Waals surface area contributed by atoms with E-state index in [2.05, 4.69) is 46.3 Å². The molecule has 222 valence electrons. The summed E-state index contributed by atoms with van der Waals surface area (Å²) in [5, 5.41) is 12.0. The van der Waals surface area contributed by atoms with Gasteiger partial charge in [0.25, 0.3) is 5.91 Å². The third-order valence-corrected chi connectivity index (χ3v) is 8.31. The second-order valence-corrected chi connectivity index (χ2v) is 11.4. The molecule has 5 aromatic carbocycles. The lowest BCUT2D eigenvalue weighted by Gasteiger charge is -2.19. The molecule has 2 aliphatic heterocycles. The molecule has 2 aliphatic rings. The topological polar surface area (TPSA) is 71.6 Å². The van der Waals surface area contributed by atoms with Gasteiger partial charge in [-0.2, -0.15) is 0 Å². The maximum absolute atomic E-state index is 13.7. The van der Waals surface area contributed by atoms with Crippen molar-refractivity contribution in [3.05, 3.63) is 115 Å². The standard InChI is InChI=1S/C37H34FN3O3/c38-29-10-7-25(8-11-29)34-21-30(12-14-36(34)44-32-16-18-40-23-32)41-37(42)28-9-13-35(43-31-15-17-39-22-31)33(20-28)27-6-5-24-3-1-2-4-26(24)19-27/h1-14,19-21,31-32,39-40H,15-18,22-23H2,(H,41,42)/t31-,32-/m0/s1. The molecule has 0 bridgehead atoms. The molecule has 7 rings (SSSR count). The Labute approximate surface area is 256 Å². The number of ether oxygens (including phenoxy) is 2. The molecule has 5 aromatic rings. The first kappa shape index (κ1) is 28.1. The maximum atomic E-state index is 13.7. The minimum atomic E-state index is -0.306. The van der Waals surface area contributed by atoms with E-state index in [0.717, 1.165) is 77.8 Å². The van der Waals surface area contributed by atoms with Gasteiger partial charge in [0.05, 0.1) is 0 Å². The minimum Gasteiger partial charge on any atom is -0.488 e. The van der Waals surface area contributed by atoms with Crippen molar-refractivity contribution >= 4 is 22.4 Å². The Morgan fingerprint density at radius 3 is 2.00 bits per heavy atom. The zero-order chi connectivity index (χ0) is 29.9. The van der Waals surface area contributed by atoms with Gasteiger partial charge in [-0.15, -0.1) is 0 Å². The van der Waals surface area contributed by atoms with E-state index in [0.29, 0.717) is 17.0 Å². The lowest BCUT2D eigenvalue weighted by atomic mass is 9.98. The van der Waals surface area contributed by atoms with Crippen LogP contribution < -0.4 is 25.4 Å². The fraction of sp³-hybridized carbons (Fsp3) is 0.216. The van der Waals surface area contributed by atoms with Gasteiger partial charge in [-0.25, -0.2) is 4.39 Å². The number of amides is 1. The number of hydrogen-bond donors (Lipinski definition) is 3. The lowest BCUT2D eigenvalue weighted by molar-refractivity contribution is 0.102. The third-order valence-electron chi connectivity index (χ3n) is 8.31. The number of halogens is 1. The molecule has 2 fully saturated rings. The first-order valence-corrected chi connectivity index (χ1v) is 15.2. The molecule has 1 amide bonds. The molecular formula is C37H34FN3O3. The SMILES string of the molecule is O=C(Nc1ccc(O[C@H]2CCNC2)c(-c2ccc(F)cc2)c1)c1ccc(O[C@H]2CCNC2)c(-c2ccc3ccccc3c2)c1. The van der Waals surface area contributed by atoms with Gasteiger partial charge < -0.3 is 25.4 Å². The number of carbonyl (C=O) groups is 1. The Morgan fingerprint density at radius 1 is 0.682 bits per heavy atom. The molecule has 0 aromatic heterocycles. The van der Waals surface area contributed by atoms with Gasteiger partial charge in [0, 0.05) is 35.5 Å². The van der Waals surface area contributed by atoms with Crippen molar-refractivity contribution in [2.75, 3.05) is 31.5 Å². The summed E-state index contributed by atoms with van der Waals surface area (Å²) in [6.45, 7) is 3.41. The van der Waals surface area contributed by atoms with Gasteiger partial charge in [-0.3, -0.25) is 4.79 Å². The van der Waals surface area contributed by atoms with Crippen molar-refractivity contribution in [1.82, 2.24) is 10.6 Å². The fourth-order valence-electron chi connectivity index (χ4n) is 5.94. The first-order chi connectivity index (χ1) is 21.6. The molecule has 3 N–H and O–H groups in total. The van der Waals surface area contributed by atoms with Crippen LogP contribution in [0.5, 0.6) is 11.5 Å². The Morgan fingerprint density at radius 2 is 1.32 bits per heavy atom. The van der Waals surface area contributed by atoms with Crippen LogP contribution in [0.3, 0.4) is 0 Å². The van der Waals surface area contributed by atoms with Crippen LogP contribution >= 0.6 is 0 Å². The van der Waals surface area contributed by atoms with E-state index in [9.17, 15) is 9.18 Å². The van der Waals surface area contributed by atoms with Crippen molar-refractivity contribution < 1.29 is 18.7 Å². The van der Waals surface area contributed by atoms with Gasteiger partial charge in [-0.1, -0.05) is 48.5 Å². The average molecular weight is 588 g/mol. The van der Waals surface area contributed by atoms with E-state index in [1.54, 1.807) is 12.1 Å². The van der Waals surface area contributed by atoms with Crippen molar-refractivity contribution in [2.24, 2.45) is 0 Å². The average Bonchev–Trinajstić information content (AvgIpc) is 3.77. The van der Waals surface area contributed by atoms with Crippen molar-refractivity contribution in [2.45, 2.75) is 25.0 Å². The molecule has 7 heteroatoms. The summed E-state index contributed by atoms with van der Waals surface area (Å²) < 4.78 is 26.5. The van der Waals surface area contributed by atoms with E-state index in [4.69, 9.17) is 9.47 Å². The van der Waals surface area contributed by atoms with E-state index < -0.39 is 0 Å². The molecule has 0 aliphatic carbocycles. The number of rotatable bonds is 8. The van der Waals surface area contributed by atoms with Crippen molar-refractivity contribution in [3.63, 3.8) is 0 Å². The number of benzene rings is 5. The zero-order valence-corrected chi connectivity index (χ0v) is 24.3. The molecule has 2 saturated heterocycles. The summed E-state index contributed by atoms with van der Waals surface area (Å²) in [4.78, 5) is 13.7. The second kappa shape index (κ2) is 12.5. The highest BCUT2D eigenvalue weighted by Crippen LogP contribution is 2.36. The summed E-state index contributed by atoms with van der Waals surface area (Å²) in [6, 6.07) is 32.1. The monoisotopic (exact) mass is 587 g/mol. The molecule has 0 radical (unpaired) electrons. The molecule has 0 saturated carbocycles. The summed E-state index contributed by atoms with van der Waals surface area (Å²) in [7, 11) is 0. The minimum absolute atomic E-state index is 0.0592. The van der Waals surface area contributed by atoms with Gasteiger partial charge >= 0.3 is 0 Å². The molecule has 0 spiro atoms. The van der Waals surface area contributed by atoms with E-state index in [1.807, 2.05) is 48.5 Å². The smallest absolute Gasteiger partial charge is 0.255 e. The Hall–Kier alpha value is -4.72. The van der Waals surface area contributed by atoms with Gasteiger partial charge in [-0.05, 0) is 102 Å². The third kappa shape index (κ3) is 6.16. The molecule has 44 heavy (non-hydrogen) atoms. The molecule has 2 atom stereocenters. The molecule has 2 heterocycles. The highest BCUT2D eigenvalue weighted by Gasteiger charge is 2.21. The number of carbonyl (C=O) groups excluding carboxylic acids is 1. The van der Waals surface area contributed by atoms with Gasteiger partial charge in [0.2, 0.25) is 0 Å². The normalized spacial score (nSPS) is 17.9. The predicted octanol–water partition coefficient (Wildman–Crippen LogP) is 7.05. The Bertz CT molecular complexity index is 1790. The first-order valence-electron chi connectivity index (χ1n) is 15.2. The second-order valence-electron chi connectivity index (χ2n) is 11.4. The van der Waals surface area contributed by atoms with Crippen molar-refractivity contribution in [3.8, 4) is 33.8 Å². The summed E-state index contributed by atoms with van der Waals surface area (Å²) >= 11 is 0. The predicted molar refractivity (Wildman–Crippen MR) is 173 cm³/mol. The number of fused-ring (bicyclic) bond motifs is 1.